The van der Waals surface area contributed by atoms with Gasteiger partial charge in [0, 0.05) is 5.41 Å². The molecule has 8 heteroatoms. The van der Waals surface area contributed by atoms with Crippen molar-refractivity contribution in [1.82, 2.24) is 14.7 Å². The molecule has 2 N–H and O–H groups in total. The lowest BCUT2D eigenvalue weighted by Crippen LogP contribution is -2.40. The molecule has 0 saturated carbocycles. The van der Waals surface area contributed by atoms with Gasteiger partial charge < -0.3 is 4.98 Å². The number of aromatic nitrogens is 2. The molecule has 1 amide bonds. The Morgan fingerprint density at radius 1 is 1.36 bits per heavy atom. The third-order valence-corrected chi connectivity index (χ3v) is 4.98. The molecule has 0 aliphatic heterocycles. The number of aromatic amines is 1. The molecule has 0 bridgehead atoms. The second kappa shape index (κ2) is 5.53. The first kappa shape index (κ1) is 16.2. The zero-order valence-electron chi connectivity index (χ0n) is 12.5. The van der Waals surface area contributed by atoms with Gasteiger partial charge in [-0.2, -0.15) is 0 Å². The zero-order chi connectivity index (χ0) is 16.5. The first-order valence-corrected chi connectivity index (χ1v) is 8.20. The van der Waals surface area contributed by atoms with E-state index in [9.17, 15) is 18.0 Å². The summed E-state index contributed by atoms with van der Waals surface area (Å²) >= 11 is 0. The van der Waals surface area contributed by atoms with Crippen LogP contribution < -0.4 is 10.3 Å². The lowest BCUT2D eigenvalue weighted by Gasteiger charge is -2.21. The van der Waals surface area contributed by atoms with Crippen LogP contribution in [-0.2, 0) is 14.8 Å². The highest BCUT2D eigenvalue weighted by atomic mass is 32.2. The van der Waals surface area contributed by atoms with Crippen LogP contribution in [-0.4, -0.2) is 24.3 Å². The Kier molecular flexibility index (Phi) is 4.06. The van der Waals surface area contributed by atoms with Crippen molar-refractivity contribution in [3.8, 4) is 0 Å². The Morgan fingerprint density at radius 2 is 2.05 bits per heavy atom. The molecule has 0 unspecified atom stereocenters. The molecular formula is C14H17N3O4S. The number of hydrogen-bond donors (Lipinski definition) is 2. The van der Waals surface area contributed by atoms with Gasteiger partial charge in [-0.1, -0.05) is 20.8 Å². The minimum atomic E-state index is -4.04. The number of nitrogens with zero attached hydrogens (tertiary/aromatic N) is 1. The minimum absolute atomic E-state index is 0.146. The van der Waals surface area contributed by atoms with Crippen molar-refractivity contribution in [3.63, 3.8) is 0 Å². The Morgan fingerprint density at radius 3 is 2.68 bits per heavy atom. The average Bonchev–Trinajstić information content (AvgIpc) is 2.46. The summed E-state index contributed by atoms with van der Waals surface area (Å²) in [7, 11) is -4.04. The molecule has 0 spiro atoms. The smallest absolute Gasteiger partial charge is 0.264 e. The fourth-order valence-corrected chi connectivity index (χ4v) is 2.85. The molecule has 2 aromatic rings. The molecule has 0 saturated heterocycles. The van der Waals surface area contributed by atoms with Gasteiger partial charge in [0.05, 0.1) is 22.1 Å². The van der Waals surface area contributed by atoms with Crippen LogP contribution in [0.5, 0.6) is 0 Å². The lowest BCUT2D eigenvalue weighted by atomic mass is 9.90. The lowest BCUT2D eigenvalue weighted by molar-refractivity contribution is -0.127. The van der Waals surface area contributed by atoms with Crippen molar-refractivity contribution in [3.05, 3.63) is 34.9 Å². The molecule has 1 aromatic carbocycles. The predicted octanol–water partition coefficient (Wildman–Crippen LogP) is 1.16. The number of benzene rings is 1. The number of nitrogens with one attached hydrogen (secondary N) is 2. The highest BCUT2D eigenvalue weighted by molar-refractivity contribution is 7.90. The van der Waals surface area contributed by atoms with E-state index >= 15 is 0 Å². The van der Waals surface area contributed by atoms with Crippen LogP contribution in [0.3, 0.4) is 0 Å². The van der Waals surface area contributed by atoms with Crippen LogP contribution >= 0.6 is 0 Å². The SMILES string of the molecule is CCC(C)(C)C(=O)NS(=O)(=O)c1ccc2nc[nH]c(=O)c2c1. The van der Waals surface area contributed by atoms with Gasteiger partial charge in [0.15, 0.2) is 0 Å². The third-order valence-electron chi connectivity index (χ3n) is 3.65. The molecule has 0 aliphatic carbocycles. The molecule has 0 atom stereocenters. The van der Waals surface area contributed by atoms with Gasteiger partial charge in [0.1, 0.15) is 0 Å². The number of fused-ring (bicyclic) bond motifs is 1. The normalized spacial score (nSPS) is 12.3. The number of carbonyl (C=O) groups is 1. The molecule has 0 aliphatic rings. The van der Waals surface area contributed by atoms with Crippen LogP contribution in [0.25, 0.3) is 10.9 Å². The van der Waals surface area contributed by atoms with E-state index in [0.29, 0.717) is 11.9 Å². The molecule has 22 heavy (non-hydrogen) atoms. The van der Waals surface area contributed by atoms with Crippen molar-refractivity contribution in [1.29, 1.82) is 0 Å². The maximum Gasteiger partial charge on any atom is 0.264 e. The quantitative estimate of drug-likeness (QED) is 0.877. The highest BCUT2D eigenvalue weighted by Crippen LogP contribution is 2.21. The van der Waals surface area contributed by atoms with Crippen molar-refractivity contribution >= 4 is 26.8 Å². The standard InChI is InChI=1S/C14H17N3O4S/c1-4-14(2,3)13(19)17-22(20,21)9-5-6-11-10(7-9)12(18)16-8-15-11/h5-8H,4H2,1-3H3,(H,17,19)(H,15,16,18). The van der Waals surface area contributed by atoms with Gasteiger partial charge in [-0.25, -0.2) is 18.1 Å². The summed E-state index contributed by atoms with van der Waals surface area (Å²) in [4.78, 5) is 29.9. The highest BCUT2D eigenvalue weighted by Gasteiger charge is 2.29. The van der Waals surface area contributed by atoms with Crippen LogP contribution in [0.2, 0.25) is 0 Å². The van der Waals surface area contributed by atoms with Gasteiger partial charge in [0.25, 0.3) is 15.6 Å². The Labute approximate surface area is 127 Å². The second-order valence-corrected chi connectivity index (χ2v) is 7.27. The first-order chi connectivity index (χ1) is 10.2. The number of sulfonamides is 1. The summed E-state index contributed by atoms with van der Waals surface area (Å²) in [5.41, 5.74) is -0.867. The Balaban J connectivity index is 2.44. The molecule has 7 nitrogen and oxygen atoms in total. The van der Waals surface area contributed by atoms with E-state index in [1.165, 1.54) is 24.5 Å². The molecule has 0 radical (unpaired) electrons. The summed E-state index contributed by atoms with van der Waals surface area (Å²) < 4.78 is 26.6. The van der Waals surface area contributed by atoms with E-state index in [2.05, 4.69) is 9.97 Å². The van der Waals surface area contributed by atoms with Crippen LogP contribution in [0.1, 0.15) is 27.2 Å². The Bertz CT molecular complexity index is 884. The summed E-state index contributed by atoms with van der Waals surface area (Å²) in [6.07, 6.45) is 1.74. The average molecular weight is 323 g/mol. The maximum atomic E-state index is 12.3. The molecule has 0 fully saturated rings. The largest absolute Gasteiger partial charge is 0.313 e. The zero-order valence-corrected chi connectivity index (χ0v) is 13.3. The summed E-state index contributed by atoms with van der Waals surface area (Å²) in [5.74, 6) is -0.588. The van der Waals surface area contributed by atoms with Gasteiger partial charge in [0.2, 0.25) is 5.91 Å². The fraction of sp³-hybridized carbons (Fsp3) is 0.357. The fourth-order valence-electron chi connectivity index (χ4n) is 1.69. The summed E-state index contributed by atoms with van der Waals surface area (Å²) in [5, 5.41) is 0.146. The Hall–Kier alpha value is -2.22. The van der Waals surface area contributed by atoms with E-state index in [4.69, 9.17) is 0 Å². The third kappa shape index (κ3) is 3.01. The van der Waals surface area contributed by atoms with Gasteiger partial charge in [-0.05, 0) is 24.6 Å². The number of H-pyrrole nitrogens is 1. The number of carbonyl (C=O) groups excluding carboxylic acids is 1. The molecule has 2 rings (SSSR count). The van der Waals surface area contributed by atoms with Gasteiger partial charge in [-0.3, -0.25) is 9.59 Å². The van der Waals surface area contributed by atoms with Crippen LogP contribution in [0.4, 0.5) is 0 Å². The molecule has 1 aromatic heterocycles. The predicted molar refractivity (Wildman–Crippen MR) is 81.8 cm³/mol. The molecular weight excluding hydrogens is 306 g/mol. The van der Waals surface area contributed by atoms with E-state index < -0.39 is 26.9 Å². The summed E-state index contributed by atoms with van der Waals surface area (Å²) in [6, 6.07) is 3.94. The molecule has 118 valence electrons. The molecule has 1 heterocycles. The second-order valence-electron chi connectivity index (χ2n) is 5.58. The number of hydrogen-bond acceptors (Lipinski definition) is 5. The van der Waals surface area contributed by atoms with Crippen LogP contribution in [0.15, 0.2) is 34.2 Å². The van der Waals surface area contributed by atoms with E-state index in [1.54, 1.807) is 20.8 Å². The van der Waals surface area contributed by atoms with Crippen molar-refractivity contribution in [2.45, 2.75) is 32.1 Å². The van der Waals surface area contributed by atoms with Crippen molar-refractivity contribution in [2.75, 3.05) is 0 Å². The van der Waals surface area contributed by atoms with Crippen molar-refractivity contribution in [2.24, 2.45) is 5.41 Å². The number of amides is 1. The van der Waals surface area contributed by atoms with E-state index in [0.717, 1.165) is 0 Å². The number of rotatable bonds is 4. The van der Waals surface area contributed by atoms with Gasteiger partial charge >= 0.3 is 0 Å². The van der Waals surface area contributed by atoms with Crippen LogP contribution in [0, 0.1) is 5.41 Å². The minimum Gasteiger partial charge on any atom is -0.313 e. The first-order valence-electron chi connectivity index (χ1n) is 6.72. The maximum absolute atomic E-state index is 12.3. The monoisotopic (exact) mass is 323 g/mol. The van der Waals surface area contributed by atoms with Gasteiger partial charge in [-0.15, -0.1) is 0 Å². The summed E-state index contributed by atoms with van der Waals surface area (Å²) in [6.45, 7) is 5.12. The van der Waals surface area contributed by atoms with E-state index in [1.807, 2.05) is 4.72 Å². The van der Waals surface area contributed by atoms with E-state index in [-0.39, 0.29) is 10.3 Å². The van der Waals surface area contributed by atoms with Crippen molar-refractivity contribution < 1.29 is 13.2 Å². The topological polar surface area (TPSA) is 109 Å².